The maximum absolute atomic E-state index is 14.2. The van der Waals surface area contributed by atoms with E-state index in [1.54, 1.807) is 41.5 Å². The molecule has 3 rings (SSSR count). The van der Waals surface area contributed by atoms with Crippen molar-refractivity contribution in [2.24, 2.45) is 17.8 Å². The molecule has 3 saturated heterocycles. The zero-order chi connectivity index (χ0) is 54.5. The fourth-order valence-corrected chi connectivity index (χ4v) is 9.24. The lowest BCUT2D eigenvalue weighted by atomic mass is 9.77. The molecule has 0 saturated carbocycles. The number of aliphatic hydroxyl groups is 7. The van der Waals surface area contributed by atoms with Crippen LogP contribution in [0.1, 0.15) is 108 Å². The fraction of sp³-hybridized carbons (Fsp3) is 0.891. The lowest BCUT2D eigenvalue weighted by Crippen LogP contribution is -2.60. The van der Waals surface area contributed by atoms with Gasteiger partial charge >= 0.3 is 29.8 Å². The number of rotatable bonds is 13. The maximum Gasteiger partial charge on any atom is 0.333 e. The van der Waals surface area contributed by atoms with E-state index in [1.807, 2.05) is 51.7 Å². The van der Waals surface area contributed by atoms with Crippen molar-refractivity contribution in [1.82, 2.24) is 9.80 Å². The molecule has 13 N–H and O–H groups in total. The quantitative estimate of drug-likeness (QED) is 0.0974. The maximum atomic E-state index is 14.2. The molecule has 71 heavy (non-hydrogen) atoms. The lowest BCUT2D eigenvalue weighted by molar-refractivity contribution is -0.318. The number of methoxy groups -OCH3 is 1. The summed E-state index contributed by atoms with van der Waals surface area (Å²) in [6, 6.07) is -0.808. The molecule has 0 aromatic carbocycles. The van der Waals surface area contributed by atoms with Crippen LogP contribution in [0.4, 0.5) is 0 Å². The molecule has 0 aromatic heterocycles. The Morgan fingerprint density at radius 2 is 1.34 bits per heavy atom. The van der Waals surface area contributed by atoms with E-state index in [2.05, 4.69) is 0 Å². The second-order valence-electron chi connectivity index (χ2n) is 20.1. The predicted octanol–water partition coefficient (Wildman–Crippen LogP) is -1.11. The summed E-state index contributed by atoms with van der Waals surface area (Å²) in [6.45, 7) is 18.0. The molecule has 3 heterocycles. The first-order chi connectivity index (χ1) is 32.0. The van der Waals surface area contributed by atoms with Crippen LogP contribution in [0, 0.1) is 17.8 Å². The van der Waals surface area contributed by atoms with Crippen molar-refractivity contribution in [2.75, 3.05) is 34.8 Å². The van der Waals surface area contributed by atoms with Gasteiger partial charge < -0.3 is 99.9 Å². The van der Waals surface area contributed by atoms with Crippen molar-refractivity contribution in [3.8, 4) is 0 Å². The highest BCUT2D eigenvalue weighted by atomic mass is 16.7. The Morgan fingerprint density at radius 1 is 0.831 bits per heavy atom. The van der Waals surface area contributed by atoms with E-state index in [0.29, 0.717) is 13.0 Å². The molecule has 0 spiro atoms. The van der Waals surface area contributed by atoms with Crippen LogP contribution in [0.15, 0.2) is 0 Å². The van der Waals surface area contributed by atoms with Crippen molar-refractivity contribution in [3.63, 3.8) is 0 Å². The number of carboxylic acids is 4. The summed E-state index contributed by atoms with van der Waals surface area (Å²) < 4.78 is 37.5. The van der Waals surface area contributed by atoms with Crippen LogP contribution < -0.4 is 0 Å². The first-order valence-electron chi connectivity index (χ1n) is 23.5. The van der Waals surface area contributed by atoms with Crippen molar-refractivity contribution >= 4 is 29.8 Å². The molecule has 0 aromatic rings. The van der Waals surface area contributed by atoms with Crippen LogP contribution in [0.3, 0.4) is 0 Å². The molecular weight excluding hydrogens is 948 g/mol. The van der Waals surface area contributed by atoms with Crippen LogP contribution in [0.25, 0.3) is 0 Å². The topological polar surface area (TPSA) is 401 Å². The normalized spacial score (nSPS) is 39.5. The van der Waals surface area contributed by atoms with Gasteiger partial charge in [0.15, 0.2) is 24.8 Å². The first kappa shape index (κ1) is 67.8. The van der Waals surface area contributed by atoms with Crippen LogP contribution in [-0.2, 0) is 52.4 Å². The third-order valence-electron chi connectivity index (χ3n) is 13.5. The second kappa shape index (κ2) is 29.0. The number of carbonyl (C=O) groups excluding carboxylic acids is 1. The molecule has 3 aliphatic rings. The number of cyclic esters (lactones) is 1. The summed E-state index contributed by atoms with van der Waals surface area (Å²) in [5.74, 6) is -8.27. The summed E-state index contributed by atoms with van der Waals surface area (Å²) >= 11 is 0. The average Bonchev–Trinajstić information content (AvgIpc) is 3.24. The largest absolute Gasteiger partial charge is 0.481 e. The van der Waals surface area contributed by atoms with Crippen LogP contribution in [0.2, 0.25) is 0 Å². The Bertz CT molecular complexity index is 1640. The van der Waals surface area contributed by atoms with Crippen molar-refractivity contribution in [1.29, 1.82) is 0 Å². The highest BCUT2D eigenvalue weighted by Crippen LogP contribution is 2.40. The van der Waals surface area contributed by atoms with Gasteiger partial charge in [0.25, 0.3) is 0 Å². The number of ether oxygens (including phenoxy) is 6. The summed E-state index contributed by atoms with van der Waals surface area (Å²) in [5, 5.41) is 106. The number of hydrogen-bond acceptors (Lipinski definition) is 20. The van der Waals surface area contributed by atoms with Gasteiger partial charge in [-0.2, -0.15) is 0 Å². The van der Waals surface area contributed by atoms with E-state index in [-0.39, 0.29) is 42.8 Å². The molecule has 0 amide bonds. The van der Waals surface area contributed by atoms with Crippen molar-refractivity contribution in [3.05, 3.63) is 0 Å². The van der Waals surface area contributed by atoms with Crippen molar-refractivity contribution in [2.45, 2.75) is 210 Å². The second-order valence-corrected chi connectivity index (χ2v) is 20.1. The minimum absolute atomic E-state index is 0. The van der Waals surface area contributed by atoms with Crippen LogP contribution in [-0.4, -0.2) is 239 Å². The van der Waals surface area contributed by atoms with Gasteiger partial charge in [-0.1, -0.05) is 20.8 Å². The van der Waals surface area contributed by atoms with Gasteiger partial charge in [-0.15, -0.1) is 0 Å². The Hall–Kier alpha value is -3.25. The molecule has 418 valence electrons. The average molecular weight is 1040 g/mol. The molecule has 25 heteroatoms. The van der Waals surface area contributed by atoms with Gasteiger partial charge in [-0.25, -0.2) is 9.59 Å². The number of carboxylic acid groups (broad SMARTS) is 4. The third-order valence-corrected chi connectivity index (χ3v) is 13.5. The minimum Gasteiger partial charge on any atom is -0.481 e. The van der Waals surface area contributed by atoms with E-state index >= 15 is 0 Å². The van der Waals surface area contributed by atoms with Gasteiger partial charge in [0.2, 0.25) is 0 Å². The standard InChI is InChI=1S/C38H72N2O12.2C4H6O5.H2O/c1-15-27-38(10,46)31(42)24(6)40(13)19-20(2)17-36(8,45)33(52-35-29(41)26(39(11)12)16-21(3)48-35)22(4)30(23(5)34(44)50-27)51-28-18-37(9,47-14)32(43)25(7)49-28;2*5-2(4(8)9)1-3(6)7;/h20-33,35,41-43,45-46H,15-19H2,1-14H3;2*2,5H,1H2,(H,6,7)(H,8,9);1H2/t20-,21-,22+,23-,24-,25+,26+,27-,28+,29-,30+,31-,32+,33-,35+,36-,37-,38-;2*2-;/m100./s1. The van der Waals surface area contributed by atoms with Crippen LogP contribution >= 0.6 is 0 Å². The number of carbonyl (C=O) groups is 5. The predicted molar refractivity (Wildman–Crippen MR) is 250 cm³/mol. The number of likely N-dealkylation sites (N-methyl/N-ethyl adjacent to an activating group) is 2. The number of esters is 1. The molecule has 0 radical (unpaired) electrons. The van der Waals surface area contributed by atoms with E-state index in [9.17, 15) is 49.5 Å². The SMILES string of the molecule is CC[C@H]1OC(=O)[C@H](C)[C@@H](O[C@H]2C[C@@](C)(OC)[C@@H](O)[C@H](C)O2)[C@H](C)[C@@H](O[C@@H]2O[C@H](C)C[C@H](N(C)C)[C@H]2O)[C@](C)(O)C[C@@H](C)CN(C)[C@H](C)[C@@H](O)[C@]1(C)O.O.O=C(O)C[C@H](O)C(=O)O.O=C(O)C[C@H](O)C(=O)O. The van der Waals surface area contributed by atoms with E-state index in [1.165, 1.54) is 14.0 Å². The molecule has 0 aliphatic carbocycles. The zero-order valence-corrected chi connectivity index (χ0v) is 43.6. The summed E-state index contributed by atoms with van der Waals surface area (Å²) in [4.78, 5) is 56.9. The van der Waals surface area contributed by atoms with Gasteiger partial charge in [0.05, 0.1) is 54.4 Å². The van der Waals surface area contributed by atoms with E-state index in [0.717, 1.165) is 0 Å². The van der Waals surface area contributed by atoms with Gasteiger partial charge in [0.1, 0.15) is 30.0 Å². The number of nitrogens with zero attached hydrogens (tertiary/aromatic N) is 2. The molecule has 25 nitrogen and oxygen atoms in total. The van der Waals surface area contributed by atoms with Gasteiger partial charge in [-0.3, -0.25) is 14.4 Å². The molecule has 3 fully saturated rings. The summed E-state index contributed by atoms with van der Waals surface area (Å²) in [7, 11) is 7.12. The first-order valence-corrected chi connectivity index (χ1v) is 23.5. The van der Waals surface area contributed by atoms with Crippen LogP contribution in [0.5, 0.6) is 0 Å². The Labute approximate surface area is 415 Å². The third kappa shape index (κ3) is 19.5. The van der Waals surface area contributed by atoms with Gasteiger partial charge in [-0.05, 0) is 94.8 Å². The molecule has 0 bridgehead atoms. The fourth-order valence-electron chi connectivity index (χ4n) is 9.24. The molecule has 20 atom stereocenters. The Morgan fingerprint density at radius 3 is 1.76 bits per heavy atom. The van der Waals surface area contributed by atoms with Gasteiger partial charge in [0, 0.05) is 38.1 Å². The van der Waals surface area contributed by atoms with Crippen molar-refractivity contribution < 1.29 is 114 Å². The number of hydrogen-bond donors (Lipinski definition) is 11. The van der Waals surface area contributed by atoms with E-state index < -0.39 is 145 Å². The Kier molecular flexibility index (Phi) is 27.7. The smallest absolute Gasteiger partial charge is 0.333 e. The highest BCUT2D eigenvalue weighted by Gasteiger charge is 2.52. The zero-order valence-electron chi connectivity index (χ0n) is 43.6. The molecule has 3 aliphatic heterocycles. The highest BCUT2D eigenvalue weighted by molar-refractivity contribution is 5.79. The lowest BCUT2D eigenvalue weighted by Gasteiger charge is -2.48. The molecule has 0 unspecified atom stereocenters. The summed E-state index contributed by atoms with van der Waals surface area (Å²) in [6.07, 6.45) is -13.3. The summed E-state index contributed by atoms with van der Waals surface area (Å²) in [5.41, 5.74) is -4.37. The number of aliphatic hydroxyl groups excluding tert-OH is 5. The monoisotopic (exact) mass is 1030 g/mol. The molecular formula is C46H86N2O23. The minimum atomic E-state index is -1.80. The van der Waals surface area contributed by atoms with E-state index in [4.69, 9.17) is 59.1 Å². The number of aliphatic carboxylic acids is 4. The Balaban J connectivity index is 0.00000217.